The van der Waals surface area contributed by atoms with Crippen molar-refractivity contribution in [3.8, 4) is 11.1 Å². The van der Waals surface area contributed by atoms with Crippen molar-refractivity contribution in [2.24, 2.45) is 7.05 Å². The van der Waals surface area contributed by atoms with Crippen molar-refractivity contribution < 1.29 is 37.1 Å². The topological polar surface area (TPSA) is 117 Å². The second-order valence-corrected chi connectivity index (χ2v) is 13.3. The largest absolute Gasteiger partial charge is 0.444 e. The van der Waals surface area contributed by atoms with Gasteiger partial charge in [0.25, 0.3) is 11.8 Å². The van der Waals surface area contributed by atoms with Crippen LogP contribution in [0, 0.1) is 5.82 Å². The number of amides is 5. The van der Waals surface area contributed by atoms with E-state index in [4.69, 9.17) is 4.74 Å². The fourth-order valence-corrected chi connectivity index (χ4v) is 6.49. The number of imide groups is 1. The number of ether oxygens (including phenoxy) is 1. The predicted octanol–water partition coefficient (Wildman–Crippen LogP) is 4.20. The van der Waals surface area contributed by atoms with Crippen molar-refractivity contribution in [3.63, 3.8) is 0 Å². The first kappa shape index (κ1) is 32.1. The Balaban J connectivity index is 1.25. The number of urea groups is 1. The number of halogens is 3. The molecule has 0 saturated carbocycles. The normalized spacial score (nSPS) is 21.7. The number of likely N-dealkylation sites (tertiary alicyclic amines) is 1. The lowest BCUT2D eigenvalue weighted by Crippen LogP contribution is -2.53. The van der Waals surface area contributed by atoms with Crippen molar-refractivity contribution in [2.45, 2.75) is 63.3 Å². The molecule has 2 fully saturated rings. The van der Waals surface area contributed by atoms with Gasteiger partial charge in [0.15, 0.2) is 0 Å². The van der Waals surface area contributed by atoms with E-state index in [-0.39, 0.29) is 13.0 Å². The molecule has 2 saturated heterocycles. The molecule has 1 N–H and O–H groups in total. The standard InChI is InChI=1S/C33H35F3N6O5/c1-31(2,3)47-30(46)40-17-26(33(35,36)19-40)41(15-20-5-8-24(34)9-6-20)27(43)18-42-28(44)32(38-29(42)45)12-11-22-13-21(7-10-25(22)32)23-14-37-39(4)16-23/h5-10,13-14,16,26H,11-12,15,17-19H2,1-4H3,(H,38,45)/t26?,32-/m0/s1. The van der Waals surface area contributed by atoms with Gasteiger partial charge in [0, 0.05) is 25.4 Å². The molecule has 14 heteroatoms. The van der Waals surface area contributed by atoms with Crippen molar-refractivity contribution >= 4 is 23.9 Å². The van der Waals surface area contributed by atoms with Gasteiger partial charge >= 0.3 is 12.1 Å². The summed E-state index contributed by atoms with van der Waals surface area (Å²) < 4.78 is 51.8. The molecule has 1 aliphatic carbocycles. The van der Waals surface area contributed by atoms with Crippen LogP contribution >= 0.6 is 0 Å². The summed E-state index contributed by atoms with van der Waals surface area (Å²) in [4.78, 5) is 56.3. The van der Waals surface area contributed by atoms with Crippen LogP contribution in [0.15, 0.2) is 54.9 Å². The number of nitrogens with zero attached hydrogens (tertiary/aromatic N) is 5. The average molecular weight is 653 g/mol. The van der Waals surface area contributed by atoms with E-state index in [2.05, 4.69) is 10.4 Å². The molecule has 248 valence electrons. The van der Waals surface area contributed by atoms with Crippen molar-refractivity contribution in [1.82, 2.24) is 29.8 Å². The second kappa shape index (κ2) is 11.4. The zero-order valence-corrected chi connectivity index (χ0v) is 26.4. The molecule has 2 aliphatic heterocycles. The minimum Gasteiger partial charge on any atom is -0.444 e. The zero-order valence-electron chi connectivity index (χ0n) is 26.4. The van der Waals surface area contributed by atoms with E-state index in [1.807, 2.05) is 18.3 Å². The lowest BCUT2D eigenvalue weighted by atomic mass is 9.90. The first-order chi connectivity index (χ1) is 22.1. The van der Waals surface area contributed by atoms with Crippen LogP contribution in [0.3, 0.4) is 0 Å². The van der Waals surface area contributed by atoms with Crippen molar-refractivity contribution in [2.75, 3.05) is 19.6 Å². The lowest BCUT2D eigenvalue weighted by molar-refractivity contribution is -0.146. The summed E-state index contributed by atoms with van der Waals surface area (Å²) in [6.07, 6.45) is 3.37. The summed E-state index contributed by atoms with van der Waals surface area (Å²) in [5.41, 5.74) is 1.26. The zero-order chi connectivity index (χ0) is 33.9. The van der Waals surface area contributed by atoms with Crippen LogP contribution in [0.5, 0.6) is 0 Å². The van der Waals surface area contributed by atoms with Crippen LogP contribution in [0.25, 0.3) is 11.1 Å². The molecule has 47 heavy (non-hydrogen) atoms. The molecule has 0 bridgehead atoms. The SMILES string of the molecule is Cn1cc(-c2ccc3c(c2)CC[C@]32NC(=O)N(CC(=O)N(Cc3ccc(F)cc3)C3CN(C(=O)OC(C)(C)C)CC3(F)F)C2=O)cn1. The number of alkyl halides is 2. The maximum atomic E-state index is 15.6. The number of fused-ring (bicyclic) bond motifs is 2. The molecule has 0 radical (unpaired) electrons. The molecule has 11 nitrogen and oxygen atoms in total. The molecule has 1 spiro atoms. The van der Waals surface area contributed by atoms with Gasteiger partial charge < -0.3 is 15.0 Å². The molecule has 3 heterocycles. The van der Waals surface area contributed by atoms with Crippen LogP contribution < -0.4 is 5.32 Å². The number of carbonyl (C=O) groups is 4. The quantitative estimate of drug-likeness (QED) is 0.399. The van der Waals surface area contributed by atoms with Crippen LogP contribution in [-0.2, 0) is 39.9 Å². The van der Waals surface area contributed by atoms with E-state index < -0.39 is 72.5 Å². The van der Waals surface area contributed by atoms with Crippen LogP contribution in [-0.4, -0.2) is 85.6 Å². The summed E-state index contributed by atoms with van der Waals surface area (Å²) in [6, 6.07) is 7.91. The molecule has 3 aromatic rings. The van der Waals surface area contributed by atoms with Gasteiger partial charge in [0.2, 0.25) is 5.91 Å². The van der Waals surface area contributed by atoms with E-state index in [1.165, 1.54) is 12.1 Å². The number of nitrogens with one attached hydrogen (secondary N) is 1. The maximum Gasteiger partial charge on any atom is 0.410 e. The van der Waals surface area contributed by atoms with Gasteiger partial charge in [0.1, 0.15) is 29.5 Å². The van der Waals surface area contributed by atoms with E-state index in [9.17, 15) is 23.6 Å². The third kappa shape index (κ3) is 6.03. The molecule has 1 unspecified atom stereocenters. The number of aromatic nitrogens is 2. The van der Waals surface area contributed by atoms with Crippen LogP contribution in [0.4, 0.5) is 22.8 Å². The molecule has 6 rings (SSSR count). The molecule has 3 aliphatic rings. The van der Waals surface area contributed by atoms with Crippen LogP contribution in [0.2, 0.25) is 0 Å². The van der Waals surface area contributed by atoms with Gasteiger partial charge in [-0.05, 0) is 68.0 Å². The van der Waals surface area contributed by atoms with Gasteiger partial charge in [0.05, 0.1) is 19.3 Å². The summed E-state index contributed by atoms with van der Waals surface area (Å²) >= 11 is 0. The number of hydrogen-bond donors (Lipinski definition) is 1. The fourth-order valence-electron chi connectivity index (χ4n) is 6.49. The minimum atomic E-state index is -3.55. The Hall–Kier alpha value is -4.88. The van der Waals surface area contributed by atoms with Crippen LogP contribution in [0.1, 0.15) is 43.9 Å². The number of hydrogen-bond acceptors (Lipinski definition) is 6. The Morgan fingerprint density at radius 1 is 1.11 bits per heavy atom. The van der Waals surface area contributed by atoms with E-state index in [0.717, 1.165) is 43.5 Å². The predicted molar refractivity (Wildman–Crippen MR) is 162 cm³/mol. The summed E-state index contributed by atoms with van der Waals surface area (Å²) in [6.45, 7) is 2.08. The Kier molecular flexibility index (Phi) is 7.80. The monoisotopic (exact) mass is 652 g/mol. The van der Waals surface area contributed by atoms with Crippen molar-refractivity contribution in [1.29, 1.82) is 0 Å². The Bertz CT molecular complexity index is 1750. The molecular formula is C33H35F3N6O5. The molecule has 2 aromatic carbocycles. The summed E-state index contributed by atoms with van der Waals surface area (Å²) in [7, 11) is 1.81. The molecular weight excluding hydrogens is 617 g/mol. The van der Waals surface area contributed by atoms with Gasteiger partial charge in [-0.2, -0.15) is 5.10 Å². The van der Waals surface area contributed by atoms with Gasteiger partial charge in [-0.15, -0.1) is 0 Å². The smallest absolute Gasteiger partial charge is 0.410 e. The van der Waals surface area contributed by atoms with E-state index in [1.54, 1.807) is 44.8 Å². The number of carbonyl (C=O) groups excluding carboxylic acids is 4. The number of rotatable bonds is 6. The number of benzene rings is 2. The highest BCUT2D eigenvalue weighted by Gasteiger charge is 2.57. The number of aryl methyl sites for hydroxylation is 2. The third-order valence-corrected chi connectivity index (χ3v) is 8.74. The Morgan fingerprint density at radius 3 is 2.49 bits per heavy atom. The highest BCUT2D eigenvalue weighted by Crippen LogP contribution is 2.43. The summed E-state index contributed by atoms with van der Waals surface area (Å²) in [5.74, 6) is -5.70. The minimum absolute atomic E-state index is 0.263. The highest BCUT2D eigenvalue weighted by molar-refractivity contribution is 6.10. The molecule has 2 atom stereocenters. The average Bonchev–Trinajstić information content (AvgIpc) is 3.73. The Labute approximate surface area is 269 Å². The highest BCUT2D eigenvalue weighted by atomic mass is 19.3. The third-order valence-electron chi connectivity index (χ3n) is 8.74. The fraction of sp³-hybridized carbons (Fsp3) is 0.424. The van der Waals surface area contributed by atoms with Gasteiger partial charge in [-0.3, -0.25) is 24.1 Å². The van der Waals surface area contributed by atoms with Gasteiger partial charge in [-0.25, -0.2) is 22.8 Å². The maximum absolute atomic E-state index is 15.6. The van der Waals surface area contributed by atoms with Crippen molar-refractivity contribution in [3.05, 3.63) is 77.4 Å². The first-order valence-corrected chi connectivity index (χ1v) is 15.2. The van der Waals surface area contributed by atoms with E-state index >= 15 is 8.78 Å². The van der Waals surface area contributed by atoms with E-state index in [0.29, 0.717) is 17.5 Å². The van der Waals surface area contributed by atoms with Gasteiger partial charge in [-0.1, -0.05) is 30.3 Å². The summed E-state index contributed by atoms with van der Waals surface area (Å²) in [5, 5.41) is 6.97. The lowest BCUT2D eigenvalue weighted by Gasteiger charge is -2.33. The second-order valence-electron chi connectivity index (χ2n) is 13.3. The molecule has 1 aromatic heterocycles. The molecule has 5 amide bonds. The first-order valence-electron chi connectivity index (χ1n) is 15.2. The Morgan fingerprint density at radius 2 is 1.83 bits per heavy atom.